The molecule has 1 amide bonds. The number of aryl methyl sites for hydroxylation is 2. The second-order valence-corrected chi connectivity index (χ2v) is 11.2. The highest BCUT2D eigenvalue weighted by atomic mass is 35.5. The number of ether oxygens (including phenoxy) is 1. The van der Waals surface area contributed by atoms with Gasteiger partial charge < -0.3 is 25.8 Å². The van der Waals surface area contributed by atoms with Crippen LogP contribution in [0.4, 0.5) is 11.5 Å². The van der Waals surface area contributed by atoms with Crippen LogP contribution in [0.15, 0.2) is 48.8 Å². The summed E-state index contributed by atoms with van der Waals surface area (Å²) in [7, 11) is 1.82. The molecule has 4 heterocycles. The van der Waals surface area contributed by atoms with Crippen LogP contribution in [0.3, 0.4) is 0 Å². The number of anilines is 2. The average Bonchev–Trinajstić information content (AvgIpc) is 3.29. The van der Waals surface area contributed by atoms with Crippen LogP contribution in [0.25, 0.3) is 11.4 Å². The number of nitrogens with two attached hydrogens (primary N) is 1. The van der Waals surface area contributed by atoms with Gasteiger partial charge in [0.2, 0.25) is 5.88 Å². The second-order valence-electron chi connectivity index (χ2n) is 10.8. The Bertz CT molecular complexity index is 1690. The molecule has 3 aromatic heterocycles. The third-order valence-electron chi connectivity index (χ3n) is 7.36. The lowest BCUT2D eigenvalue weighted by Crippen LogP contribution is -2.40. The van der Waals surface area contributed by atoms with Crippen molar-refractivity contribution in [2.24, 2.45) is 7.05 Å². The smallest absolute Gasteiger partial charge is 0.253 e. The van der Waals surface area contributed by atoms with Crippen LogP contribution in [0.5, 0.6) is 5.88 Å². The number of nitrogens with zero attached hydrogens (tertiary/aromatic N) is 6. The minimum absolute atomic E-state index is 0.0107. The summed E-state index contributed by atoms with van der Waals surface area (Å²) in [5.41, 5.74) is 10.1. The third kappa shape index (κ3) is 7.45. The zero-order valence-corrected chi connectivity index (χ0v) is 25.7. The number of pyridine rings is 1. The maximum Gasteiger partial charge on any atom is 0.253 e. The van der Waals surface area contributed by atoms with Gasteiger partial charge in [-0.15, -0.1) is 0 Å². The van der Waals surface area contributed by atoms with E-state index < -0.39 is 0 Å². The zero-order chi connectivity index (χ0) is 31.2. The molecule has 44 heavy (non-hydrogen) atoms. The van der Waals surface area contributed by atoms with Gasteiger partial charge in [0.15, 0.2) is 5.82 Å². The highest BCUT2D eigenvalue weighted by molar-refractivity contribution is 6.29. The summed E-state index contributed by atoms with van der Waals surface area (Å²) in [5.74, 6) is 7.72. The molecule has 1 saturated heterocycles. The van der Waals surface area contributed by atoms with Crippen LogP contribution in [0.2, 0.25) is 5.15 Å². The molecular weight excluding hydrogens is 580 g/mol. The molecule has 228 valence electrons. The number of benzene rings is 1. The molecule has 1 aliphatic heterocycles. The predicted molar refractivity (Wildman–Crippen MR) is 169 cm³/mol. The number of likely N-dealkylation sites (tertiary alicyclic amines) is 1. The summed E-state index contributed by atoms with van der Waals surface area (Å²) in [5, 5.41) is 18.0. The second kappa shape index (κ2) is 13.8. The Hall–Kier alpha value is -4.66. The molecule has 11 nitrogen and oxygen atoms in total. The molecule has 5 rings (SSSR count). The fraction of sp³-hybridized carbons (Fsp3) is 0.344. The van der Waals surface area contributed by atoms with Crippen molar-refractivity contribution in [3.05, 3.63) is 76.3 Å². The number of aliphatic hydroxyl groups excluding tert-OH is 1. The van der Waals surface area contributed by atoms with Gasteiger partial charge in [0.05, 0.1) is 29.7 Å². The van der Waals surface area contributed by atoms with Crippen LogP contribution in [0.1, 0.15) is 53.4 Å². The lowest BCUT2D eigenvalue weighted by atomic mass is 10.1. The van der Waals surface area contributed by atoms with Crippen LogP contribution in [-0.2, 0) is 7.05 Å². The number of halogens is 1. The molecule has 1 aromatic carbocycles. The van der Waals surface area contributed by atoms with Crippen molar-refractivity contribution in [1.29, 1.82) is 0 Å². The normalized spacial score (nSPS) is 14.1. The van der Waals surface area contributed by atoms with Crippen molar-refractivity contribution in [2.45, 2.75) is 45.3 Å². The van der Waals surface area contributed by atoms with E-state index in [4.69, 9.17) is 22.1 Å². The first kappa shape index (κ1) is 30.8. The lowest BCUT2D eigenvalue weighted by Gasteiger charge is -2.29. The Labute approximate surface area is 261 Å². The quantitative estimate of drug-likeness (QED) is 0.197. The van der Waals surface area contributed by atoms with E-state index in [-0.39, 0.29) is 18.1 Å². The summed E-state index contributed by atoms with van der Waals surface area (Å²) in [6.45, 7) is 5.46. The summed E-state index contributed by atoms with van der Waals surface area (Å²) in [6, 6.07) is 10.6. The van der Waals surface area contributed by atoms with Crippen molar-refractivity contribution in [2.75, 3.05) is 30.7 Å². The number of hydrogen-bond donors (Lipinski definition) is 3. The Balaban J connectivity index is 1.22. The van der Waals surface area contributed by atoms with Gasteiger partial charge in [0.1, 0.15) is 16.5 Å². The number of carbonyl (C=O) groups excluding carboxylic acids is 1. The molecule has 1 aliphatic rings. The van der Waals surface area contributed by atoms with Gasteiger partial charge in [0, 0.05) is 56.1 Å². The Morgan fingerprint density at radius 3 is 2.68 bits per heavy atom. The molecule has 0 radical (unpaired) electrons. The molecule has 0 aliphatic carbocycles. The maximum atomic E-state index is 12.8. The first-order valence-electron chi connectivity index (χ1n) is 14.4. The van der Waals surface area contributed by atoms with E-state index in [1.807, 2.05) is 33.0 Å². The fourth-order valence-corrected chi connectivity index (χ4v) is 5.12. The molecule has 12 heteroatoms. The molecule has 4 aromatic rings. The number of carbonyl (C=O) groups is 1. The highest BCUT2D eigenvalue weighted by Crippen LogP contribution is 2.31. The van der Waals surface area contributed by atoms with Crippen molar-refractivity contribution in [3.63, 3.8) is 0 Å². The molecule has 1 fully saturated rings. The first-order chi connectivity index (χ1) is 21.2. The van der Waals surface area contributed by atoms with Gasteiger partial charge in [-0.25, -0.2) is 19.6 Å². The van der Waals surface area contributed by atoms with Gasteiger partial charge in [-0.1, -0.05) is 23.4 Å². The van der Waals surface area contributed by atoms with E-state index in [2.05, 4.69) is 37.2 Å². The van der Waals surface area contributed by atoms with Gasteiger partial charge in [0.25, 0.3) is 5.91 Å². The van der Waals surface area contributed by atoms with Crippen LogP contribution in [-0.4, -0.2) is 72.5 Å². The van der Waals surface area contributed by atoms with Gasteiger partial charge in [-0.2, -0.15) is 5.10 Å². The molecule has 0 unspecified atom stereocenters. The highest BCUT2D eigenvalue weighted by Gasteiger charge is 2.22. The van der Waals surface area contributed by atoms with Crippen molar-refractivity contribution >= 4 is 29.0 Å². The van der Waals surface area contributed by atoms with E-state index in [0.29, 0.717) is 78.3 Å². The van der Waals surface area contributed by atoms with Crippen LogP contribution in [0, 0.1) is 18.8 Å². The number of rotatable bonds is 8. The number of aromatic nitrogens is 5. The zero-order valence-electron chi connectivity index (χ0n) is 24.9. The minimum Gasteiger partial charge on any atom is -0.477 e. The van der Waals surface area contributed by atoms with E-state index in [1.165, 1.54) is 0 Å². The SMILES string of the molecule is Cc1nn(C)c(OCC[C@H](C)Nc2cc(Cl)ncc2C#Cc2ccc(C(=O)N3CCC(O)CC3)cc2)c1-c1nccc(N)n1. The van der Waals surface area contributed by atoms with Crippen molar-refractivity contribution in [1.82, 2.24) is 29.6 Å². The lowest BCUT2D eigenvalue weighted by molar-refractivity contribution is 0.0546. The number of piperidine rings is 1. The first-order valence-corrected chi connectivity index (χ1v) is 14.8. The predicted octanol–water partition coefficient (Wildman–Crippen LogP) is 4.08. The van der Waals surface area contributed by atoms with Crippen LogP contribution >= 0.6 is 11.6 Å². The topological polar surface area (TPSA) is 144 Å². The van der Waals surface area contributed by atoms with Crippen molar-refractivity contribution in [3.8, 4) is 29.1 Å². The standard InChI is InChI=1S/C32H35ClN8O3/c1-20(13-17-44-32-29(21(2)39-40(32)3)30-35-14-10-28(34)38-30)37-26-18-27(33)36-19-24(26)9-6-22-4-7-23(8-5-22)31(43)41-15-11-25(42)12-16-41/h4-5,7-8,10,14,18-20,25,42H,11-13,15-17H2,1-3H3,(H,36,37)(H2,34,35,38)/t20-/m0/s1. The number of amides is 1. The number of nitrogens with one attached hydrogen (secondary N) is 1. The number of hydrogen-bond acceptors (Lipinski definition) is 9. The number of aliphatic hydroxyl groups is 1. The van der Waals surface area contributed by atoms with Crippen molar-refractivity contribution < 1.29 is 14.6 Å². The Kier molecular flexibility index (Phi) is 9.62. The van der Waals surface area contributed by atoms with Gasteiger partial charge >= 0.3 is 0 Å². The minimum atomic E-state index is -0.324. The van der Waals surface area contributed by atoms with E-state index in [0.717, 1.165) is 16.9 Å². The third-order valence-corrected chi connectivity index (χ3v) is 7.56. The largest absolute Gasteiger partial charge is 0.477 e. The Morgan fingerprint density at radius 2 is 1.95 bits per heavy atom. The van der Waals surface area contributed by atoms with E-state index in [1.54, 1.807) is 46.2 Å². The molecule has 0 spiro atoms. The van der Waals surface area contributed by atoms with Gasteiger partial charge in [-0.3, -0.25) is 4.79 Å². The molecule has 4 N–H and O–H groups in total. The summed E-state index contributed by atoms with van der Waals surface area (Å²) in [4.78, 5) is 27.5. The van der Waals surface area contributed by atoms with Crippen LogP contribution < -0.4 is 15.8 Å². The maximum absolute atomic E-state index is 12.8. The molecule has 0 saturated carbocycles. The Morgan fingerprint density at radius 1 is 1.20 bits per heavy atom. The molecule has 0 bridgehead atoms. The summed E-state index contributed by atoms with van der Waals surface area (Å²) < 4.78 is 7.83. The fourth-order valence-electron chi connectivity index (χ4n) is 4.96. The molecule has 1 atom stereocenters. The van der Waals surface area contributed by atoms with Gasteiger partial charge in [-0.05, 0) is 63.1 Å². The summed E-state index contributed by atoms with van der Waals surface area (Å²) >= 11 is 6.22. The monoisotopic (exact) mass is 614 g/mol. The van der Waals surface area contributed by atoms with E-state index in [9.17, 15) is 9.90 Å². The summed E-state index contributed by atoms with van der Waals surface area (Å²) in [6.07, 6.45) is 4.81. The average molecular weight is 615 g/mol. The van der Waals surface area contributed by atoms with E-state index >= 15 is 0 Å². The molecular formula is C32H35ClN8O3. The number of nitrogen functional groups attached to an aromatic ring is 1.